The molecule has 0 aliphatic carbocycles. The summed E-state index contributed by atoms with van der Waals surface area (Å²) in [5.41, 5.74) is 1.03. The Morgan fingerprint density at radius 1 is 1.22 bits per heavy atom. The van der Waals surface area contributed by atoms with E-state index in [1.165, 1.54) is 0 Å². The zero-order valence-corrected chi connectivity index (χ0v) is 11.4. The molecule has 0 amide bonds. The molecule has 0 bridgehead atoms. The largest absolute Gasteiger partial charge is 0.295 e. The summed E-state index contributed by atoms with van der Waals surface area (Å²) >= 11 is 1.59. The molecule has 4 heteroatoms. The highest BCUT2D eigenvalue weighted by Crippen LogP contribution is 2.28. The second kappa shape index (κ2) is 3.92. The van der Waals surface area contributed by atoms with Crippen molar-refractivity contribution in [2.24, 2.45) is 0 Å². The first-order valence-corrected chi connectivity index (χ1v) is 6.81. The fraction of sp³-hybridized carbons (Fsp3) is 0.286. The molecule has 0 fully saturated rings. The molecule has 0 unspecified atom stereocenters. The molecule has 3 rings (SSSR count). The summed E-state index contributed by atoms with van der Waals surface area (Å²) < 4.78 is 1.85. The van der Waals surface area contributed by atoms with Gasteiger partial charge in [0.1, 0.15) is 10.3 Å². The van der Waals surface area contributed by atoms with E-state index in [1.54, 1.807) is 11.3 Å². The van der Waals surface area contributed by atoms with Gasteiger partial charge in [-0.15, -0.1) is 11.3 Å². The summed E-state index contributed by atoms with van der Waals surface area (Å²) in [6.45, 7) is 6.05. The molecule has 0 saturated heterocycles. The topological polar surface area (TPSA) is 34.9 Å². The van der Waals surface area contributed by atoms with Crippen molar-refractivity contribution in [3.63, 3.8) is 0 Å². The Bertz CT molecular complexity index is 799. The van der Waals surface area contributed by atoms with Crippen LogP contribution in [-0.4, -0.2) is 9.55 Å². The van der Waals surface area contributed by atoms with E-state index >= 15 is 0 Å². The fourth-order valence-electron chi connectivity index (χ4n) is 2.32. The first-order valence-electron chi connectivity index (χ1n) is 6.00. The van der Waals surface area contributed by atoms with Crippen LogP contribution in [0, 0.1) is 6.92 Å². The summed E-state index contributed by atoms with van der Waals surface area (Å²) in [4.78, 5) is 18.1. The van der Waals surface area contributed by atoms with Crippen molar-refractivity contribution < 1.29 is 0 Å². The molecule has 0 atom stereocenters. The Labute approximate surface area is 109 Å². The van der Waals surface area contributed by atoms with Crippen molar-refractivity contribution in [3.05, 3.63) is 39.6 Å². The van der Waals surface area contributed by atoms with Gasteiger partial charge in [-0.05, 0) is 26.8 Å². The zero-order valence-electron chi connectivity index (χ0n) is 10.6. The van der Waals surface area contributed by atoms with E-state index < -0.39 is 0 Å². The second-order valence-corrected chi connectivity index (χ2v) is 5.88. The minimum absolute atomic E-state index is 0.0803. The quantitative estimate of drug-likeness (QED) is 0.669. The molecule has 0 spiro atoms. The maximum Gasteiger partial charge on any atom is 0.259 e. The highest BCUT2D eigenvalue weighted by Gasteiger charge is 2.15. The molecule has 3 nitrogen and oxygen atoms in total. The number of fused-ring (bicyclic) bond motifs is 3. The van der Waals surface area contributed by atoms with Crippen LogP contribution < -0.4 is 5.56 Å². The fourth-order valence-corrected chi connectivity index (χ4v) is 3.38. The van der Waals surface area contributed by atoms with Crippen molar-refractivity contribution in [1.82, 2.24) is 9.55 Å². The van der Waals surface area contributed by atoms with Gasteiger partial charge in [-0.3, -0.25) is 9.36 Å². The molecule has 0 aliphatic heterocycles. The second-order valence-electron chi connectivity index (χ2n) is 4.70. The predicted molar refractivity (Wildman–Crippen MR) is 76.5 cm³/mol. The van der Waals surface area contributed by atoms with E-state index in [9.17, 15) is 4.79 Å². The third-order valence-corrected chi connectivity index (χ3v) is 4.05. The van der Waals surface area contributed by atoms with Gasteiger partial charge in [0.15, 0.2) is 0 Å². The highest BCUT2D eigenvalue weighted by atomic mass is 32.1. The number of rotatable bonds is 1. The lowest BCUT2D eigenvalue weighted by Crippen LogP contribution is -2.21. The van der Waals surface area contributed by atoms with Gasteiger partial charge < -0.3 is 0 Å². The summed E-state index contributed by atoms with van der Waals surface area (Å²) in [6, 6.07) is 7.85. The van der Waals surface area contributed by atoms with E-state index in [4.69, 9.17) is 0 Å². The number of thiazole rings is 1. The van der Waals surface area contributed by atoms with Gasteiger partial charge in [-0.25, -0.2) is 4.98 Å². The number of hydrogen-bond acceptors (Lipinski definition) is 3. The van der Waals surface area contributed by atoms with Gasteiger partial charge in [-0.1, -0.05) is 18.2 Å². The Hall–Kier alpha value is -1.68. The lowest BCUT2D eigenvalue weighted by Gasteiger charge is -2.12. The van der Waals surface area contributed by atoms with Crippen LogP contribution in [0.25, 0.3) is 21.1 Å². The van der Waals surface area contributed by atoms with Crippen LogP contribution in [0.5, 0.6) is 0 Å². The first kappa shape index (κ1) is 11.4. The summed E-state index contributed by atoms with van der Waals surface area (Å²) in [5.74, 6) is 0. The van der Waals surface area contributed by atoms with Crippen molar-refractivity contribution in [2.45, 2.75) is 26.8 Å². The van der Waals surface area contributed by atoms with Crippen LogP contribution in [0.15, 0.2) is 29.1 Å². The molecular weight excluding hydrogens is 244 g/mol. The Morgan fingerprint density at radius 3 is 2.56 bits per heavy atom. The number of aryl methyl sites for hydroxylation is 1. The van der Waals surface area contributed by atoms with E-state index in [0.717, 1.165) is 26.1 Å². The molecule has 0 radical (unpaired) electrons. The maximum atomic E-state index is 12.5. The van der Waals surface area contributed by atoms with Crippen LogP contribution in [0.1, 0.15) is 24.9 Å². The van der Waals surface area contributed by atoms with Crippen molar-refractivity contribution in [2.75, 3.05) is 0 Å². The Morgan fingerprint density at radius 2 is 1.89 bits per heavy atom. The molecular formula is C14H14N2OS. The predicted octanol–water partition coefficient (Wildman–Crippen LogP) is 3.50. The number of pyridine rings is 1. The highest BCUT2D eigenvalue weighted by molar-refractivity contribution is 7.18. The van der Waals surface area contributed by atoms with E-state index in [1.807, 2.05) is 49.6 Å². The Kier molecular flexibility index (Phi) is 2.48. The molecule has 2 heterocycles. The molecule has 2 aromatic heterocycles. The molecule has 1 aromatic carbocycles. The van der Waals surface area contributed by atoms with Gasteiger partial charge in [0.05, 0.1) is 5.01 Å². The number of benzene rings is 1. The van der Waals surface area contributed by atoms with Gasteiger partial charge in [-0.2, -0.15) is 0 Å². The zero-order chi connectivity index (χ0) is 12.9. The van der Waals surface area contributed by atoms with E-state index in [0.29, 0.717) is 0 Å². The third kappa shape index (κ3) is 1.49. The van der Waals surface area contributed by atoms with Crippen LogP contribution >= 0.6 is 11.3 Å². The van der Waals surface area contributed by atoms with E-state index in [2.05, 4.69) is 4.98 Å². The smallest absolute Gasteiger partial charge is 0.259 e. The monoisotopic (exact) mass is 258 g/mol. The minimum atomic E-state index is 0.0803. The standard InChI is InChI=1S/C14H14N2OS/c1-8(2)16-13(17)11-7-5-4-6-10(11)12-14(16)18-9(3)15-12/h4-8H,1-3H3. The average Bonchev–Trinajstić information content (AvgIpc) is 2.70. The van der Waals surface area contributed by atoms with Crippen molar-refractivity contribution in [3.8, 4) is 0 Å². The maximum absolute atomic E-state index is 12.5. The molecule has 92 valence electrons. The number of nitrogens with zero attached hydrogens (tertiary/aromatic N) is 2. The average molecular weight is 258 g/mol. The van der Waals surface area contributed by atoms with Crippen LogP contribution in [0.2, 0.25) is 0 Å². The minimum Gasteiger partial charge on any atom is -0.295 e. The normalized spacial score (nSPS) is 11.8. The van der Waals surface area contributed by atoms with Crippen molar-refractivity contribution >= 4 is 32.5 Å². The lowest BCUT2D eigenvalue weighted by atomic mass is 10.1. The van der Waals surface area contributed by atoms with Crippen LogP contribution in [0.4, 0.5) is 0 Å². The summed E-state index contributed by atoms with van der Waals surface area (Å²) in [5, 5.41) is 2.71. The van der Waals surface area contributed by atoms with Gasteiger partial charge in [0, 0.05) is 16.8 Å². The van der Waals surface area contributed by atoms with Crippen LogP contribution in [0.3, 0.4) is 0 Å². The Balaban J connectivity index is 2.66. The van der Waals surface area contributed by atoms with Crippen LogP contribution in [-0.2, 0) is 0 Å². The SMILES string of the molecule is Cc1nc2c3ccccc3c(=O)n(C(C)C)c2s1. The number of aromatic nitrogens is 2. The summed E-state index contributed by atoms with van der Waals surface area (Å²) in [6.07, 6.45) is 0. The molecule has 18 heavy (non-hydrogen) atoms. The third-order valence-electron chi connectivity index (χ3n) is 3.08. The van der Waals surface area contributed by atoms with Crippen molar-refractivity contribution in [1.29, 1.82) is 0 Å². The number of hydrogen-bond donors (Lipinski definition) is 0. The van der Waals surface area contributed by atoms with Gasteiger partial charge in [0.25, 0.3) is 5.56 Å². The molecule has 0 aliphatic rings. The molecule has 3 aromatic rings. The summed E-state index contributed by atoms with van der Waals surface area (Å²) in [7, 11) is 0. The lowest BCUT2D eigenvalue weighted by molar-refractivity contribution is 0.607. The van der Waals surface area contributed by atoms with E-state index in [-0.39, 0.29) is 11.6 Å². The van der Waals surface area contributed by atoms with Gasteiger partial charge >= 0.3 is 0 Å². The van der Waals surface area contributed by atoms with Gasteiger partial charge in [0.2, 0.25) is 0 Å². The molecule has 0 saturated carbocycles. The molecule has 0 N–H and O–H groups in total. The first-order chi connectivity index (χ1) is 8.59.